The number of carbonyl (C=O) groups is 2. The van der Waals surface area contributed by atoms with Crippen LogP contribution >= 0.6 is 11.5 Å². The molecule has 0 saturated carbocycles. The number of anilines is 1. The summed E-state index contributed by atoms with van der Waals surface area (Å²) < 4.78 is 9.05. The molecule has 2 aromatic heterocycles. The Bertz CT molecular complexity index is 614. The van der Waals surface area contributed by atoms with Crippen molar-refractivity contribution in [1.29, 1.82) is 0 Å². The summed E-state index contributed by atoms with van der Waals surface area (Å²) in [6.45, 7) is 3.29. The van der Waals surface area contributed by atoms with Crippen LogP contribution in [0.5, 0.6) is 0 Å². The number of furan rings is 1. The van der Waals surface area contributed by atoms with Gasteiger partial charge in [0.25, 0.3) is 5.91 Å². The lowest BCUT2D eigenvalue weighted by Gasteiger charge is -2.01. The SMILES string of the molecule is Cc1ccc(C(=O)Nc2snc(C)c2C(=O)O)o1. The number of carboxylic acid groups (broad SMARTS) is 1. The second kappa shape index (κ2) is 4.61. The van der Waals surface area contributed by atoms with Gasteiger partial charge in [0.15, 0.2) is 5.76 Å². The second-order valence-electron chi connectivity index (χ2n) is 3.64. The van der Waals surface area contributed by atoms with Crippen LogP contribution in [-0.4, -0.2) is 21.4 Å². The molecule has 0 aliphatic heterocycles. The number of aromatic carboxylic acids is 1. The molecule has 2 N–H and O–H groups in total. The van der Waals surface area contributed by atoms with Crippen molar-refractivity contribution < 1.29 is 19.1 Å². The second-order valence-corrected chi connectivity index (χ2v) is 4.42. The number of aromatic nitrogens is 1. The van der Waals surface area contributed by atoms with Crippen LogP contribution in [0.15, 0.2) is 16.5 Å². The number of nitrogens with zero attached hydrogens (tertiary/aromatic N) is 1. The van der Waals surface area contributed by atoms with Gasteiger partial charge in [0.05, 0.1) is 5.69 Å². The highest BCUT2D eigenvalue weighted by molar-refractivity contribution is 7.11. The average molecular weight is 266 g/mol. The van der Waals surface area contributed by atoms with Gasteiger partial charge in [-0.2, -0.15) is 4.37 Å². The monoisotopic (exact) mass is 266 g/mol. The van der Waals surface area contributed by atoms with Crippen molar-refractivity contribution in [3.63, 3.8) is 0 Å². The minimum absolute atomic E-state index is 0.0108. The molecule has 0 fully saturated rings. The standard InChI is InChI=1S/C11H10N2O4S/c1-5-3-4-7(17-5)9(14)12-10-8(11(15)16)6(2)13-18-10/h3-4H,1-2H3,(H,12,14)(H,15,16). The fourth-order valence-electron chi connectivity index (χ4n) is 1.43. The molecule has 0 aromatic carbocycles. The van der Waals surface area contributed by atoms with Crippen molar-refractivity contribution in [3.8, 4) is 0 Å². The van der Waals surface area contributed by atoms with Gasteiger partial charge < -0.3 is 14.8 Å². The predicted octanol–water partition coefficient (Wildman–Crippen LogP) is 2.30. The largest absolute Gasteiger partial charge is 0.478 e. The molecule has 0 radical (unpaired) electrons. The van der Waals surface area contributed by atoms with E-state index in [0.29, 0.717) is 11.5 Å². The number of nitrogens with one attached hydrogen (secondary N) is 1. The van der Waals surface area contributed by atoms with Gasteiger partial charge in [-0.15, -0.1) is 0 Å². The molecule has 2 aromatic rings. The first-order valence-corrected chi connectivity index (χ1v) is 5.83. The van der Waals surface area contributed by atoms with Crippen molar-refractivity contribution >= 4 is 28.4 Å². The number of carboxylic acids is 1. The number of aryl methyl sites for hydroxylation is 2. The number of amides is 1. The van der Waals surface area contributed by atoms with Gasteiger partial charge in [-0.25, -0.2) is 4.79 Å². The Hall–Kier alpha value is -2.15. The van der Waals surface area contributed by atoms with Crippen LogP contribution in [0.25, 0.3) is 0 Å². The van der Waals surface area contributed by atoms with Crippen molar-refractivity contribution in [1.82, 2.24) is 4.37 Å². The molecule has 0 unspecified atom stereocenters. The molecule has 6 nitrogen and oxygen atoms in total. The van der Waals surface area contributed by atoms with Crippen LogP contribution in [-0.2, 0) is 0 Å². The Kier molecular flexibility index (Phi) is 3.15. The lowest BCUT2D eigenvalue weighted by Crippen LogP contribution is -2.12. The first-order chi connectivity index (χ1) is 8.49. The van der Waals surface area contributed by atoms with Crippen LogP contribution in [0, 0.1) is 13.8 Å². The third-order valence-electron chi connectivity index (χ3n) is 2.27. The molecule has 0 atom stereocenters. The Balaban J connectivity index is 2.25. The molecule has 0 spiro atoms. The quantitative estimate of drug-likeness (QED) is 0.889. The lowest BCUT2D eigenvalue weighted by molar-refractivity contribution is 0.0697. The molecule has 2 rings (SSSR count). The molecular formula is C11H10N2O4S. The fourth-order valence-corrected chi connectivity index (χ4v) is 2.21. The molecule has 7 heteroatoms. The molecule has 2 heterocycles. The Labute approximate surface area is 106 Å². The van der Waals surface area contributed by atoms with Gasteiger partial charge in [0.2, 0.25) is 0 Å². The molecule has 0 aliphatic rings. The van der Waals surface area contributed by atoms with Crippen LogP contribution in [0.2, 0.25) is 0 Å². The van der Waals surface area contributed by atoms with E-state index in [9.17, 15) is 9.59 Å². The summed E-state index contributed by atoms with van der Waals surface area (Å²) >= 11 is 0.930. The van der Waals surface area contributed by atoms with E-state index in [-0.39, 0.29) is 16.3 Å². The minimum Gasteiger partial charge on any atom is -0.478 e. The summed E-state index contributed by atoms with van der Waals surface area (Å²) in [5.74, 6) is -0.865. The first-order valence-electron chi connectivity index (χ1n) is 5.06. The van der Waals surface area contributed by atoms with E-state index in [1.165, 1.54) is 6.07 Å². The van der Waals surface area contributed by atoms with Crippen molar-refractivity contribution in [2.75, 3.05) is 5.32 Å². The highest BCUT2D eigenvalue weighted by Gasteiger charge is 2.20. The zero-order valence-electron chi connectivity index (χ0n) is 9.68. The zero-order valence-corrected chi connectivity index (χ0v) is 10.5. The van der Waals surface area contributed by atoms with Gasteiger partial charge in [-0.05, 0) is 37.5 Å². The summed E-state index contributed by atoms with van der Waals surface area (Å²) in [6, 6.07) is 3.18. The number of carbonyl (C=O) groups excluding carboxylic acids is 1. The summed E-state index contributed by atoms with van der Waals surface area (Å²) in [7, 11) is 0. The smallest absolute Gasteiger partial charge is 0.340 e. The van der Waals surface area contributed by atoms with Crippen LogP contribution < -0.4 is 5.32 Å². The highest BCUT2D eigenvalue weighted by Crippen LogP contribution is 2.25. The Morgan fingerprint density at radius 1 is 1.39 bits per heavy atom. The molecule has 0 aliphatic carbocycles. The maximum atomic E-state index is 11.8. The third-order valence-corrected chi connectivity index (χ3v) is 3.12. The van der Waals surface area contributed by atoms with Crippen LogP contribution in [0.4, 0.5) is 5.00 Å². The van der Waals surface area contributed by atoms with Crippen molar-refractivity contribution in [3.05, 3.63) is 34.9 Å². The highest BCUT2D eigenvalue weighted by atomic mass is 32.1. The van der Waals surface area contributed by atoms with E-state index in [1.54, 1.807) is 19.9 Å². The summed E-state index contributed by atoms with van der Waals surface area (Å²) in [5, 5.41) is 11.7. The number of hydrogen-bond donors (Lipinski definition) is 2. The van der Waals surface area contributed by atoms with Gasteiger partial charge >= 0.3 is 5.97 Å². The minimum atomic E-state index is -1.12. The van der Waals surface area contributed by atoms with E-state index in [0.717, 1.165) is 11.5 Å². The van der Waals surface area contributed by atoms with Gasteiger partial charge in [0, 0.05) is 0 Å². The molecule has 0 bridgehead atoms. The molecule has 1 amide bonds. The van der Waals surface area contributed by atoms with E-state index < -0.39 is 11.9 Å². The Morgan fingerprint density at radius 3 is 2.67 bits per heavy atom. The van der Waals surface area contributed by atoms with Gasteiger partial charge in [-0.3, -0.25) is 4.79 Å². The zero-order chi connectivity index (χ0) is 13.3. The van der Waals surface area contributed by atoms with Crippen molar-refractivity contribution in [2.24, 2.45) is 0 Å². The molecule has 0 saturated heterocycles. The number of rotatable bonds is 3. The van der Waals surface area contributed by atoms with E-state index in [4.69, 9.17) is 9.52 Å². The van der Waals surface area contributed by atoms with Crippen LogP contribution in [0.3, 0.4) is 0 Å². The normalized spacial score (nSPS) is 10.3. The summed E-state index contributed by atoms with van der Waals surface area (Å²) in [4.78, 5) is 22.8. The number of hydrogen-bond acceptors (Lipinski definition) is 5. The third kappa shape index (κ3) is 2.25. The van der Waals surface area contributed by atoms with Gasteiger partial charge in [-0.1, -0.05) is 0 Å². The summed E-state index contributed by atoms with van der Waals surface area (Å²) in [6.07, 6.45) is 0. The van der Waals surface area contributed by atoms with Crippen molar-refractivity contribution in [2.45, 2.75) is 13.8 Å². The Morgan fingerprint density at radius 2 is 2.11 bits per heavy atom. The molecule has 94 valence electrons. The maximum Gasteiger partial charge on any atom is 0.340 e. The maximum absolute atomic E-state index is 11.8. The molecule has 18 heavy (non-hydrogen) atoms. The topological polar surface area (TPSA) is 92.4 Å². The predicted molar refractivity (Wildman–Crippen MR) is 65.2 cm³/mol. The van der Waals surface area contributed by atoms with E-state index >= 15 is 0 Å². The van der Waals surface area contributed by atoms with E-state index in [1.807, 2.05) is 0 Å². The lowest BCUT2D eigenvalue weighted by atomic mass is 10.2. The van der Waals surface area contributed by atoms with E-state index in [2.05, 4.69) is 9.69 Å². The van der Waals surface area contributed by atoms with Crippen LogP contribution in [0.1, 0.15) is 32.4 Å². The molecular weight excluding hydrogens is 256 g/mol. The average Bonchev–Trinajstić information content (AvgIpc) is 2.85. The fraction of sp³-hybridized carbons (Fsp3) is 0.182. The first kappa shape index (κ1) is 12.3. The van der Waals surface area contributed by atoms with Gasteiger partial charge in [0.1, 0.15) is 16.3 Å². The summed E-state index contributed by atoms with van der Waals surface area (Å²) in [5.41, 5.74) is 0.384.